The summed E-state index contributed by atoms with van der Waals surface area (Å²) in [5.41, 5.74) is 0.685. The summed E-state index contributed by atoms with van der Waals surface area (Å²) in [7, 11) is 0. The first-order valence-electron chi connectivity index (χ1n) is 6.00. The van der Waals surface area contributed by atoms with Crippen molar-refractivity contribution in [2.24, 2.45) is 0 Å². The molecule has 1 aromatic heterocycles. The van der Waals surface area contributed by atoms with Crippen LogP contribution < -0.4 is 14.2 Å². The third kappa shape index (κ3) is 2.48. The number of rotatable bonds is 5. The molecule has 0 atom stereocenters. The Bertz CT molecular complexity index is 554. The van der Waals surface area contributed by atoms with Crippen molar-refractivity contribution >= 4 is 0 Å². The van der Waals surface area contributed by atoms with Gasteiger partial charge in [-0.15, -0.1) is 0 Å². The van der Waals surface area contributed by atoms with Crippen LogP contribution in [0.3, 0.4) is 0 Å². The molecule has 3 rings (SSSR count). The molecule has 19 heavy (non-hydrogen) atoms. The van der Waals surface area contributed by atoms with Gasteiger partial charge in [0.15, 0.2) is 11.5 Å². The Labute approximate surface area is 110 Å². The van der Waals surface area contributed by atoms with E-state index in [-0.39, 0.29) is 13.4 Å². The van der Waals surface area contributed by atoms with Gasteiger partial charge in [-0.1, -0.05) is 0 Å². The van der Waals surface area contributed by atoms with Gasteiger partial charge in [0.25, 0.3) is 0 Å². The first kappa shape index (κ1) is 11.9. The number of hydrogen-bond donors (Lipinski definition) is 1. The van der Waals surface area contributed by atoms with E-state index in [2.05, 4.69) is 5.10 Å². The first-order valence-corrected chi connectivity index (χ1v) is 6.00. The lowest BCUT2D eigenvalue weighted by Crippen LogP contribution is -2.09. The van der Waals surface area contributed by atoms with Crippen molar-refractivity contribution in [2.45, 2.75) is 13.2 Å². The van der Waals surface area contributed by atoms with Crippen LogP contribution in [0.25, 0.3) is 0 Å². The summed E-state index contributed by atoms with van der Waals surface area (Å²) in [4.78, 5) is 0. The highest BCUT2D eigenvalue weighted by atomic mass is 16.7. The molecule has 1 aliphatic heterocycles. The summed E-state index contributed by atoms with van der Waals surface area (Å²) in [5, 5.41) is 13.4. The molecular formula is C13H14N2O4. The van der Waals surface area contributed by atoms with Gasteiger partial charge in [0.05, 0.1) is 13.2 Å². The van der Waals surface area contributed by atoms with Gasteiger partial charge in [-0.2, -0.15) is 5.10 Å². The molecule has 2 heterocycles. The Kier molecular flexibility index (Phi) is 3.24. The zero-order chi connectivity index (χ0) is 13.1. The molecule has 0 radical (unpaired) electrons. The van der Waals surface area contributed by atoms with Crippen molar-refractivity contribution in [3.05, 3.63) is 36.2 Å². The van der Waals surface area contributed by atoms with Crippen molar-refractivity contribution in [3.63, 3.8) is 0 Å². The number of ether oxygens (including phenoxy) is 3. The predicted molar refractivity (Wildman–Crippen MR) is 66.2 cm³/mol. The van der Waals surface area contributed by atoms with Gasteiger partial charge in [-0.25, -0.2) is 0 Å². The molecule has 0 amide bonds. The van der Waals surface area contributed by atoms with Gasteiger partial charge in [-0.3, -0.25) is 4.68 Å². The normalized spacial score (nSPS) is 12.7. The van der Waals surface area contributed by atoms with E-state index in [1.807, 2.05) is 12.3 Å². The number of aliphatic hydroxyl groups is 1. The predicted octanol–water partition coefficient (Wildman–Crippen LogP) is 1.18. The molecule has 0 fully saturated rings. The minimum atomic E-state index is -0.103. The molecule has 6 nitrogen and oxygen atoms in total. The summed E-state index contributed by atoms with van der Waals surface area (Å²) in [5.74, 6) is 1.90. The molecule has 100 valence electrons. The van der Waals surface area contributed by atoms with Crippen LogP contribution in [0.1, 0.15) is 5.56 Å². The van der Waals surface area contributed by atoms with Gasteiger partial charge in [0.2, 0.25) is 6.79 Å². The van der Waals surface area contributed by atoms with E-state index < -0.39 is 0 Å². The molecular weight excluding hydrogens is 248 g/mol. The van der Waals surface area contributed by atoms with Crippen molar-refractivity contribution < 1.29 is 19.3 Å². The molecule has 1 aliphatic rings. The van der Waals surface area contributed by atoms with E-state index in [9.17, 15) is 5.11 Å². The van der Waals surface area contributed by atoms with Crippen LogP contribution in [0.4, 0.5) is 0 Å². The standard InChI is InChI=1S/C13H14N2O4/c16-8-10-6-12-13(19-9-18-12)7-11(10)17-5-4-15-3-1-2-14-15/h1-3,6-7,16H,4-5,8-9H2. The van der Waals surface area contributed by atoms with Crippen LogP contribution in [-0.4, -0.2) is 28.3 Å². The van der Waals surface area contributed by atoms with Crippen LogP contribution in [0.15, 0.2) is 30.6 Å². The maximum Gasteiger partial charge on any atom is 0.231 e. The fourth-order valence-corrected chi connectivity index (χ4v) is 1.91. The Morgan fingerprint density at radius 1 is 1.32 bits per heavy atom. The van der Waals surface area contributed by atoms with E-state index in [4.69, 9.17) is 14.2 Å². The summed E-state index contributed by atoms with van der Waals surface area (Å²) >= 11 is 0. The fourth-order valence-electron chi connectivity index (χ4n) is 1.91. The molecule has 6 heteroatoms. The maximum absolute atomic E-state index is 9.34. The zero-order valence-electron chi connectivity index (χ0n) is 10.3. The minimum absolute atomic E-state index is 0.103. The lowest BCUT2D eigenvalue weighted by Gasteiger charge is -2.11. The Morgan fingerprint density at radius 2 is 2.16 bits per heavy atom. The first-order chi connectivity index (χ1) is 9.36. The zero-order valence-corrected chi connectivity index (χ0v) is 10.3. The van der Waals surface area contributed by atoms with Crippen molar-refractivity contribution in [1.82, 2.24) is 9.78 Å². The van der Waals surface area contributed by atoms with Crippen LogP contribution in [-0.2, 0) is 13.2 Å². The SMILES string of the molecule is OCc1cc2c(cc1OCCn1cccn1)OCO2. The fraction of sp³-hybridized carbons (Fsp3) is 0.308. The lowest BCUT2D eigenvalue weighted by atomic mass is 10.2. The number of hydrogen-bond acceptors (Lipinski definition) is 5. The number of aliphatic hydroxyl groups excluding tert-OH is 1. The van der Waals surface area contributed by atoms with Crippen molar-refractivity contribution in [1.29, 1.82) is 0 Å². The number of benzene rings is 1. The lowest BCUT2D eigenvalue weighted by molar-refractivity contribution is 0.173. The van der Waals surface area contributed by atoms with Crippen molar-refractivity contribution in [3.8, 4) is 17.2 Å². The summed E-state index contributed by atoms with van der Waals surface area (Å²) in [6.07, 6.45) is 3.59. The highest BCUT2D eigenvalue weighted by Gasteiger charge is 2.17. The van der Waals surface area contributed by atoms with E-state index >= 15 is 0 Å². The molecule has 1 aromatic carbocycles. The van der Waals surface area contributed by atoms with Gasteiger partial charge in [-0.05, 0) is 12.1 Å². The summed E-state index contributed by atoms with van der Waals surface area (Å²) in [6.45, 7) is 1.21. The van der Waals surface area contributed by atoms with Gasteiger partial charge >= 0.3 is 0 Å². The highest BCUT2D eigenvalue weighted by molar-refractivity contribution is 5.51. The maximum atomic E-state index is 9.34. The second-order valence-electron chi connectivity index (χ2n) is 4.09. The second-order valence-corrected chi connectivity index (χ2v) is 4.09. The van der Waals surface area contributed by atoms with Crippen LogP contribution in [0, 0.1) is 0 Å². The topological polar surface area (TPSA) is 65.7 Å². The van der Waals surface area contributed by atoms with Crippen LogP contribution in [0.5, 0.6) is 17.2 Å². The second kappa shape index (κ2) is 5.19. The molecule has 0 saturated heterocycles. The third-order valence-electron chi connectivity index (χ3n) is 2.86. The molecule has 0 aliphatic carbocycles. The van der Waals surface area contributed by atoms with E-state index in [0.717, 1.165) is 0 Å². The van der Waals surface area contributed by atoms with Gasteiger partial charge in [0, 0.05) is 24.0 Å². The van der Waals surface area contributed by atoms with E-state index in [1.165, 1.54) is 0 Å². The molecule has 2 aromatic rings. The summed E-state index contributed by atoms with van der Waals surface area (Å²) in [6, 6.07) is 5.35. The van der Waals surface area contributed by atoms with Crippen LogP contribution in [0.2, 0.25) is 0 Å². The number of aromatic nitrogens is 2. The molecule has 0 bridgehead atoms. The molecule has 1 N–H and O–H groups in total. The Balaban J connectivity index is 1.69. The average molecular weight is 262 g/mol. The highest BCUT2D eigenvalue weighted by Crippen LogP contribution is 2.38. The largest absolute Gasteiger partial charge is 0.491 e. The molecule has 0 saturated carbocycles. The Hall–Kier alpha value is -2.21. The minimum Gasteiger partial charge on any atom is -0.491 e. The molecule has 0 unspecified atom stereocenters. The monoisotopic (exact) mass is 262 g/mol. The van der Waals surface area contributed by atoms with E-state index in [1.54, 1.807) is 23.0 Å². The molecule has 0 spiro atoms. The third-order valence-corrected chi connectivity index (χ3v) is 2.86. The van der Waals surface area contributed by atoms with Gasteiger partial charge in [0.1, 0.15) is 12.4 Å². The van der Waals surface area contributed by atoms with Crippen molar-refractivity contribution in [2.75, 3.05) is 13.4 Å². The van der Waals surface area contributed by atoms with Gasteiger partial charge < -0.3 is 19.3 Å². The van der Waals surface area contributed by atoms with E-state index in [0.29, 0.717) is 36.0 Å². The van der Waals surface area contributed by atoms with Crippen LogP contribution >= 0.6 is 0 Å². The summed E-state index contributed by atoms with van der Waals surface area (Å²) < 4.78 is 18.0. The average Bonchev–Trinajstić information content (AvgIpc) is 3.08. The smallest absolute Gasteiger partial charge is 0.231 e. The quantitative estimate of drug-likeness (QED) is 0.876. The Morgan fingerprint density at radius 3 is 2.89 bits per heavy atom. The number of fused-ring (bicyclic) bond motifs is 1. The number of nitrogens with zero attached hydrogens (tertiary/aromatic N) is 2.